The summed E-state index contributed by atoms with van der Waals surface area (Å²) in [5.41, 5.74) is -2.39. The molecule has 1 aromatic carbocycles. The number of carbonyl (C=O) groups excluding carboxylic acids is 1. The van der Waals surface area contributed by atoms with Crippen LogP contribution in [0.3, 0.4) is 0 Å². The number of halogens is 4. The first kappa shape index (κ1) is 24.8. The Bertz CT molecular complexity index is 1390. The number of nitrogens with one attached hydrogen (secondary N) is 1. The van der Waals surface area contributed by atoms with Crippen molar-refractivity contribution >= 4 is 45.2 Å². The summed E-state index contributed by atoms with van der Waals surface area (Å²) in [6.07, 6.45) is 2.84. The quantitative estimate of drug-likeness (QED) is 0.529. The van der Waals surface area contributed by atoms with E-state index in [-0.39, 0.29) is 23.3 Å². The lowest BCUT2D eigenvalue weighted by Crippen LogP contribution is -2.46. The summed E-state index contributed by atoms with van der Waals surface area (Å²) in [7, 11) is -5.46. The van der Waals surface area contributed by atoms with Gasteiger partial charge in [-0.25, -0.2) is 9.29 Å². The number of sulfonamides is 1. The van der Waals surface area contributed by atoms with Crippen LogP contribution >= 0.6 is 11.6 Å². The predicted octanol–water partition coefficient (Wildman–Crippen LogP) is 3.40. The molecule has 186 valence electrons. The SMILES string of the molecule is CCc1nc2ccc(Cl)cn2c1C(=O)NCc1ccc(N2CCN(S(=O)(=O)C(F)(F)F)C=N2)cc1. The van der Waals surface area contributed by atoms with Gasteiger partial charge in [0.25, 0.3) is 5.91 Å². The molecule has 0 bridgehead atoms. The average molecular weight is 529 g/mol. The van der Waals surface area contributed by atoms with E-state index in [1.54, 1.807) is 47.0 Å². The molecule has 0 saturated carbocycles. The summed E-state index contributed by atoms with van der Waals surface area (Å²) in [6, 6.07) is 10.3. The van der Waals surface area contributed by atoms with Gasteiger partial charge in [-0.15, -0.1) is 0 Å². The predicted molar refractivity (Wildman–Crippen MR) is 125 cm³/mol. The monoisotopic (exact) mass is 528 g/mol. The normalized spacial score (nSPS) is 14.5. The smallest absolute Gasteiger partial charge is 0.347 e. The van der Waals surface area contributed by atoms with Gasteiger partial charge >= 0.3 is 15.5 Å². The molecule has 3 heterocycles. The van der Waals surface area contributed by atoms with Gasteiger partial charge in [0, 0.05) is 12.7 Å². The number of nitrogens with zero attached hydrogens (tertiary/aromatic N) is 5. The summed E-state index contributed by atoms with van der Waals surface area (Å²) in [6.45, 7) is 1.67. The molecule has 14 heteroatoms. The maximum Gasteiger partial charge on any atom is 0.516 e. The minimum atomic E-state index is -5.46. The zero-order chi connectivity index (χ0) is 25.4. The highest BCUT2D eigenvalue weighted by molar-refractivity contribution is 7.90. The third-order valence-corrected chi connectivity index (χ3v) is 7.05. The molecule has 1 N–H and O–H groups in total. The molecule has 0 aliphatic carbocycles. The van der Waals surface area contributed by atoms with Crippen LogP contribution < -0.4 is 10.3 Å². The molecular formula is C21H20ClF3N6O3S. The summed E-state index contributed by atoms with van der Waals surface area (Å²) >= 11 is 6.07. The number of pyridine rings is 1. The van der Waals surface area contributed by atoms with Crippen LogP contribution in [0, 0.1) is 0 Å². The first-order valence-corrected chi connectivity index (χ1v) is 12.3. The first-order valence-electron chi connectivity index (χ1n) is 10.4. The van der Waals surface area contributed by atoms with E-state index in [0.29, 0.717) is 40.5 Å². The van der Waals surface area contributed by atoms with E-state index < -0.39 is 22.1 Å². The number of hydrogen-bond acceptors (Lipinski definition) is 6. The van der Waals surface area contributed by atoms with E-state index in [0.717, 1.165) is 5.56 Å². The van der Waals surface area contributed by atoms with E-state index in [1.165, 1.54) is 5.01 Å². The first-order chi connectivity index (χ1) is 16.5. The number of alkyl halides is 3. The topological polar surface area (TPSA) is 99.4 Å². The standard InChI is InChI=1S/C21H20ClF3N6O3S/c1-2-17-19(30-12-15(22)5-8-18(30)28-17)20(32)26-11-14-3-6-16(7-4-14)31-10-9-29(13-27-31)35(33,34)21(23,24)25/h3-8,12-13H,2,9-11H2,1H3,(H,26,32). The number of anilines is 1. The summed E-state index contributed by atoms with van der Waals surface area (Å²) in [4.78, 5) is 17.4. The van der Waals surface area contributed by atoms with Crippen LogP contribution in [-0.2, 0) is 23.0 Å². The Morgan fingerprint density at radius 2 is 1.86 bits per heavy atom. The van der Waals surface area contributed by atoms with Crippen molar-refractivity contribution in [3.8, 4) is 0 Å². The molecule has 1 aliphatic heterocycles. The van der Waals surface area contributed by atoms with E-state index in [1.807, 2.05) is 6.92 Å². The fourth-order valence-electron chi connectivity index (χ4n) is 3.55. The van der Waals surface area contributed by atoms with Gasteiger partial charge < -0.3 is 5.32 Å². The van der Waals surface area contributed by atoms with Crippen molar-refractivity contribution in [2.24, 2.45) is 5.10 Å². The molecule has 0 radical (unpaired) electrons. The average Bonchev–Trinajstić information content (AvgIpc) is 3.20. The maximum atomic E-state index is 12.9. The summed E-state index contributed by atoms with van der Waals surface area (Å²) in [5.74, 6) is -0.313. The van der Waals surface area contributed by atoms with Gasteiger partial charge in [0.15, 0.2) is 0 Å². The molecule has 0 fully saturated rings. The molecule has 3 aromatic rings. The number of aryl methyl sites for hydroxylation is 1. The van der Waals surface area contributed by atoms with Gasteiger partial charge in [-0.1, -0.05) is 30.7 Å². The highest BCUT2D eigenvalue weighted by atomic mass is 35.5. The molecule has 1 amide bonds. The highest BCUT2D eigenvalue weighted by Gasteiger charge is 2.50. The van der Waals surface area contributed by atoms with E-state index in [9.17, 15) is 26.4 Å². The molecule has 1 aliphatic rings. The molecule has 9 nitrogen and oxygen atoms in total. The Morgan fingerprint density at radius 3 is 2.46 bits per heavy atom. The number of hydrazone groups is 1. The molecule has 2 aromatic heterocycles. The zero-order valence-corrected chi connectivity index (χ0v) is 19.9. The zero-order valence-electron chi connectivity index (χ0n) is 18.3. The van der Waals surface area contributed by atoms with E-state index in [4.69, 9.17) is 11.6 Å². The van der Waals surface area contributed by atoms with Gasteiger partial charge in [-0.2, -0.15) is 26.7 Å². The van der Waals surface area contributed by atoms with Crippen LogP contribution in [0.2, 0.25) is 5.02 Å². The second kappa shape index (κ2) is 9.38. The molecule has 4 rings (SSSR count). The van der Waals surface area contributed by atoms with Crippen molar-refractivity contribution < 1.29 is 26.4 Å². The highest BCUT2D eigenvalue weighted by Crippen LogP contribution is 2.27. The third kappa shape index (κ3) is 4.91. The lowest BCUT2D eigenvalue weighted by molar-refractivity contribution is -0.0471. The number of amides is 1. The van der Waals surface area contributed by atoms with Crippen molar-refractivity contribution in [1.82, 2.24) is 19.0 Å². The van der Waals surface area contributed by atoms with Crippen LogP contribution in [0.15, 0.2) is 47.7 Å². The fraction of sp³-hybridized carbons (Fsp3) is 0.286. The lowest BCUT2D eigenvalue weighted by atomic mass is 10.2. The fourth-order valence-corrected chi connectivity index (χ4v) is 4.46. The summed E-state index contributed by atoms with van der Waals surface area (Å²) in [5, 5.41) is 8.54. The van der Waals surface area contributed by atoms with Gasteiger partial charge in [0.1, 0.15) is 17.7 Å². The number of carbonyl (C=O) groups is 1. The van der Waals surface area contributed by atoms with Gasteiger partial charge in [0.05, 0.1) is 29.5 Å². The third-order valence-electron chi connectivity index (χ3n) is 5.35. The van der Waals surface area contributed by atoms with Crippen LogP contribution in [0.1, 0.15) is 28.7 Å². The largest absolute Gasteiger partial charge is 0.516 e. The second-order valence-corrected chi connectivity index (χ2v) is 9.92. The molecule has 35 heavy (non-hydrogen) atoms. The number of imidazole rings is 1. The Kier molecular flexibility index (Phi) is 6.64. The minimum Gasteiger partial charge on any atom is -0.347 e. The maximum absolute atomic E-state index is 12.9. The van der Waals surface area contributed by atoms with Gasteiger partial charge in [-0.3, -0.25) is 14.2 Å². The molecule has 0 atom stereocenters. The van der Waals surface area contributed by atoms with Crippen molar-refractivity contribution in [1.29, 1.82) is 0 Å². The van der Waals surface area contributed by atoms with Crippen molar-refractivity contribution in [2.45, 2.75) is 25.4 Å². The number of hydrogen-bond donors (Lipinski definition) is 1. The number of benzene rings is 1. The van der Waals surface area contributed by atoms with Gasteiger partial charge in [0.2, 0.25) is 0 Å². The van der Waals surface area contributed by atoms with E-state index >= 15 is 0 Å². The van der Waals surface area contributed by atoms with Crippen molar-refractivity contribution in [3.05, 3.63) is 64.6 Å². The molecule has 0 spiro atoms. The van der Waals surface area contributed by atoms with Crippen LogP contribution in [0.5, 0.6) is 0 Å². The van der Waals surface area contributed by atoms with Gasteiger partial charge in [-0.05, 0) is 36.2 Å². The Labute approximate surface area is 203 Å². The minimum absolute atomic E-state index is 0.0570. The lowest BCUT2D eigenvalue weighted by Gasteiger charge is -2.29. The number of aromatic nitrogens is 2. The van der Waals surface area contributed by atoms with Crippen LogP contribution in [-0.4, -0.2) is 53.0 Å². The Hall–Kier alpha value is -3.32. The number of fused-ring (bicyclic) bond motifs is 1. The van der Waals surface area contributed by atoms with Crippen molar-refractivity contribution in [2.75, 3.05) is 18.1 Å². The molecular weight excluding hydrogens is 509 g/mol. The van der Waals surface area contributed by atoms with Crippen LogP contribution in [0.4, 0.5) is 18.9 Å². The van der Waals surface area contributed by atoms with E-state index in [2.05, 4.69) is 15.4 Å². The molecule has 0 saturated heterocycles. The van der Waals surface area contributed by atoms with Crippen molar-refractivity contribution in [3.63, 3.8) is 0 Å². The Balaban J connectivity index is 1.42. The number of rotatable bonds is 6. The molecule has 0 unspecified atom stereocenters. The summed E-state index contributed by atoms with van der Waals surface area (Å²) < 4.78 is 62.9. The van der Waals surface area contributed by atoms with Crippen LogP contribution in [0.25, 0.3) is 5.65 Å². The Morgan fingerprint density at radius 1 is 1.14 bits per heavy atom. The second-order valence-electron chi connectivity index (χ2n) is 7.60.